The Hall–Kier alpha value is -2.58. The van der Waals surface area contributed by atoms with Gasteiger partial charge < -0.3 is 14.5 Å². The summed E-state index contributed by atoms with van der Waals surface area (Å²) in [5, 5.41) is 4.92. The van der Waals surface area contributed by atoms with Gasteiger partial charge in [-0.1, -0.05) is 18.2 Å². The number of nitrogens with one attached hydrogen (secondary N) is 2. The minimum atomic E-state index is -3.40. The van der Waals surface area contributed by atoms with E-state index in [1.165, 1.54) is 0 Å². The zero-order valence-electron chi connectivity index (χ0n) is 18.9. The third kappa shape index (κ3) is 4.34. The highest BCUT2D eigenvalue weighted by Gasteiger charge is 2.34. The van der Waals surface area contributed by atoms with Gasteiger partial charge in [-0.3, -0.25) is 4.79 Å². The number of anilines is 1. The Morgan fingerprint density at radius 3 is 2.38 bits per heavy atom. The normalized spacial score (nSPS) is 19.9. The standard InChI is InChI=1S/C24H30N2O5S/c1-24(2,3)32(28,29)26-16-11-9-15(10-12-16)23(27)25-19-14-21-18(13-22(19)30-4)17-7-5-6-8-20(17)31-21/h5-8,13-16,26H,9-12H2,1-4H3,(H,25,27)/t15-,16-. The van der Waals surface area contributed by atoms with Crippen LogP contribution in [0.5, 0.6) is 5.75 Å². The molecule has 0 saturated heterocycles. The number of benzene rings is 2. The first-order valence-electron chi connectivity index (χ1n) is 10.9. The third-order valence-corrected chi connectivity index (χ3v) is 8.44. The highest BCUT2D eigenvalue weighted by Crippen LogP contribution is 2.37. The number of amides is 1. The number of carbonyl (C=O) groups excluding carboxylic acids is 1. The van der Waals surface area contributed by atoms with E-state index in [1.807, 2.05) is 30.3 Å². The quantitative estimate of drug-likeness (QED) is 0.572. The molecule has 7 nitrogen and oxygen atoms in total. The summed E-state index contributed by atoms with van der Waals surface area (Å²) in [4.78, 5) is 13.0. The second kappa shape index (κ2) is 8.41. The van der Waals surface area contributed by atoms with Gasteiger partial charge in [0.1, 0.15) is 16.9 Å². The number of para-hydroxylation sites is 1. The lowest BCUT2D eigenvalue weighted by Crippen LogP contribution is -2.46. The van der Waals surface area contributed by atoms with Crippen molar-refractivity contribution >= 4 is 43.6 Å². The summed E-state index contributed by atoms with van der Waals surface area (Å²) < 4.78 is 38.2. The molecule has 0 aliphatic heterocycles. The fraction of sp³-hybridized carbons (Fsp3) is 0.458. The van der Waals surface area contributed by atoms with Gasteiger partial charge in [0.15, 0.2) is 0 Å². The molecule has 0 spiro atoms. The van der Waals surface area contributed by atoms with Crippen molar-refractivity contribution in [2.45, 2.75) is 57.2 Å². The molecule has 1 aromatic heterocycles. The van der Waals surface area contributed by atoms with Crippen molar-refractivity contribution < 1.29 is 22.4 Å². The SMILES string of the molecule is COc1cc2c(cc1NC(=O)[C@H]1CC[C@H](NS(=O)(=O)C(C)(C)C)CC1)oc1ccccc12. The number of sulfonamides is 1. The minimum Gasteiger partial charge on any atom is -0.495 e. The average Bonchev–Trinajstić information content (AvgIpc) is 3.10. The number of rotatable bonds is 5. The topological polar surface area (TPSA) is 97.6 Å². The zero-order valence-corrected chi connectivity index (χ0v) is 19.7. The van der Waals surface area contributed by atoms with Crippen LogP contribution in [0.3, 0.4) is 0 Å². The summed E-state index contributed by atoms with van der Waals surface area (Å²) in [6.45, 7) is 5.04. The van der Waals surface area contributed by atoms with Crippen molar-refractivity contribution in [2.75, 3.05) is 12.4 Å². The van der Waals surface area contributed by atoms with Crippen molar-refractivity contribution in [3.05, 3.63) is 36.4 Å². The maximum absolute atomic E-state index is 13.0. The van der Waals surface area contributed by atoms with Gasteiger partial charge in [0, 0.05) is 28.8 Å². The van der Waals surface area contributed by atoms with Gasteiger partial charge in [0.05, 0.1) is 17.5 Å². The first kappa shape index (κ1) is 22.6. The molecule has 0 radical (unpaired) electrons. The number of methoxy groups -OCH3 is 1. The fourth-order valence-corrected chi connectivity index (χ4v) is 5.15. The molecule has 1 amide bonds. The summed E-state index contributed by atoms with van der Waals surface area (Å²) >= 11 is 0. The van der Waals surface area contributed by atoms with Gasteiger partial charge in [-0.05, 0) is 58.6 Å². The van der Waals surface area contributed by atoms with Crippen LogP contribution in [0.25, 0.3) is 21.9 Å². The molecule has 2 aromatic carbocycles. The number of hydrogen-bond acceptors (Lipinski definition) is 5. The van der Waals surface area contributed by atoms with E-state index >= 15 is 0 Å². The van der Waals surface area contributed by atoms with E-state index in [2.05, 4.69) is 10.0 Å². The van der Waals surface area contributed by atoms with Crippen molar-refractivity contribution in [1.29, 1.82) is 0 Å². The fourth-order valence-electron chi connectivity index (χ4n) is 4.12. The van der Waals surface area contributed by atoms with Crippen LogP contribution >= 0.6 is 0 Å². The maximum Gasteiger partial charge on any atom is 0.227 e. The van der Waals surface area contributed by atoms with Gasteiger partial charge >= 0.3 is 0 Å². The van der Waals surface area contributed by atoms with Crippen LogP contribution in [-0.2, 0) is 14.8 Å². The van der Waals surface area contributed by atoms with Gasteiger partial charge in [-0.15, -0.1) is 0 Å². The van der Waals surface area contributed by atoms with Gasteiger partial charge in [-0.25, -0.2) is 13.1 Å². The van der Waals surface area contributed by atoms with E-state index in [0.29, 0.717) is 42.7 Å². The molecule has 172 valence electrons. The van der Waals surface area contributed by atoms with Crippen molar-refractivity contribution in [2.24, 2.45) is 5.92 Å². The molecule has 0 unspecified atom stereocenters. The molecule has 1 aliphatic carbocycles. The molecule has 8 heteroatoms. The molecule has 4 rings (SSSR count). The lowest BCUT2D eigenvalue weighted by atomic mass is 9.86. The van der Waals surface area contributed by atoms with E-state index in [4.69, 9.17) is 9.15 Å². The summed E-state index contributed by atoms with van der Waals surface area (Å²) in [5.74, 6) is 0.307. The molecule has 2 N–H and O–H groups in total. The Balaban J connectivity index is 1.46. The van der Waals surface area contributed by atoms with Crippen LogP contribution in [0.4, 0.5) is 5.69 Å². The zero-order chi connectivity index (χ0) is 23.1. The van der Waals surface area contributed by atoms with Crippen LogP contribution in [0, 0.1) is 5.92 Å². The molecular formula is C24H30N2O5S. The van der Waals surface area contributed by atoms with Crippen molar-refractivity contribution in [1.82, 2.24) is 4.72 Å². The van der Waals surface area contributed by atoms with E-state index in [1.54, 1.807) is 33.9 Å². The van der Waals surface area contributed by atoms with Crippen molar-refractivity contribution in [3.63, 3.8) is 0 Å². The Bertz CT molecular complexity index is 1250. The number of ether oxygens (including phenoxy) is 1. The van der Waals surface area contributed by atoms with E-state index in [0.717, 1.165) is 16.4 Å². The van der Waals surface area contributed by atoms with E-state index < -0.39 is 14.8 Å². The first-order chi connectivity index (χ1) is 15.1. The van der Waals surface area contributed by atoms with E-state index in [-0.39, 0.29) is 17.9 Å². The number of carbonyl (C=O) groups is 1. The molecule has 0 bridgehead atoms. The van der Waals surface area contributed by atoms with Crippen LogP contribution in [0.1, 0.15) is 46.5 Å². The lowest BCUT2D eigenvalue weighted by molar-refractivity contribution is -0.120. The Morgan fingerprint density at radius 2 is 1.72 bits per heavy atom. The second-order valence-corrected chi connectivity index (χ2v) is 11.9. The summed E-state index contributed by atoms with van der Waals surface area (Å²) in [5.41, 5.74) is 2.03. The van der Waals surface area contributed by atoms with Crippen LogP contribution < -0.4 is 14.8 Å². The molecule has 1 aliphatic rings. The lowest BCUT2D eigenvalue weighted by Gasteiger charge is -2.30. The summed E-state index contributed by atoms with van der Waals surface area (Å²) in [6.07, 6.45) is 2.51. The molecule has 3 aromatic rings. The molecular weight excluding hydrogens is 428 g/mol. The van der Waals surface area contributed by atoms with Gasteiger partial charge in [-0.2, -0.15) is 0 Å². The third-order valence-electron chi connectivity index (χ3n) is 6.18. The number of fused-ring (bicyclic) bond motifs is 3. The predicted octanol–water partition coefficient (Wildman–Crippen LogP) is 4.81. The smallest absolute Gasteiger partial charge is 0.227 e. The Morgan fingerprint density at radius 1 is 1.03 bits per heavy atom. The highest BCUT2D eigenvalue weighted by atomic mass is 32.2. The summed E-state index contributed by atoms with van der Waals surface area (Å²) in [6, 6.07) is 11.3. The number of hydrogen-bond donors (Lipinski definition) is 2. The molecule has 1 fully saturated rings. The predicted molar refractivity (Wildman–Crippen MR) is 126 cm³/mol. The average molecular weight is 459 g/mol. The van der Waals surface area contributed by atoms with Crippen LogP contribution in [0.15, 0.2) is 40.8 Å². The maximum atomic E-state index is 13.0. The Kier molecular flexibility index (Phi) is 5.94. The number of furan rings is 1. The molecule has 32 heavy (non-hydrogen) atoms. The Labute approximate surface area is 188 Å². The monoisotopic (exact) mass is 458 g/mol. The molecule has 0 atom stereocenters. The van der Waals surface area contributed by atoms with Crippen molar-refractivity contribution in [3.8, 4) is 5.75 Å². The second-order valence-electron chi connectivity index (χ2n) is 9.42. The van der Waals surface area contributed by atoms with Crippen LogP contribution in [0.2, 0.25) is 0 Å². The summed E-state index contributed by atoms with van der Waals surface area (Å²) in [7, 11) is -1.83. The minimum absolute atomic E-state index is 0.0871. The van der Waals surface area contributed by atoms with E-state index in [9.17, 15) is 13.2 Å². The van der Waals surface area contributed by atoms with Crippen LogP contribution in [-0.4, -0.2) is 32.2 Å². The largest absolute Gasteiger partial charge is 0.495 e. The van der Waals surface area contributed by atoms with Gasteiger partial charge in [0.2, 0.25) is 15.9 Å². The first-order valence-corrected chi connectivity index (χ1v) is 12.4. The van der Waals surface area contributed by atoms with Gasteiger partial charge in [0.25, 0.3) is 0 Å². The highest BCUT2D eigenvalue weighted by molar-refractivity contribution is 7.90. The molecule has 1 saturated carbocycles. The molecule has 1 heterocycles.